The summed E-state index contributed by atoms with van der Waals surface area (Å²) in [5.41, 5.74) is 0. The van der Waals surface area contributed by atoms with Crippen molar-refractivity contribution in [3.05, 3.63) is 12.7 Å². The maximum Gasteiger partial charge on any atom is 0.230 e. The first-order valence-corrected chi connectivity index (χ1v) is 8.60. The number of rotatable bonds is 8. The molecule has 0 aliphatic carbocycles. The molecule has 0 heterocycles. The lowest BCUT2D eigenvalue weighted by Gasteiger charge is -2.19. The van der Waals surface area contributed by atoms with Crippen LogP contribution < -0.4 is 0 Å². The van der Waals surface area contributed by atoms with Crippen LogP contribution in [-0.2, 0) is 4.12 Å². The molecule has 0 aromatic rings. The predicted octanol–water partition coefficient (Wildman–Crippen LogP) is 3.43. The fraction of sp³-hybridized carbons (Fsp3) is 0.800. The van der Waals surface area contributed by atoms with E-state index >= 15 is 0 Å². The van der Waals surface area contributed by atoms with Crippen LogP contribution in [0.3, 0.4) is 0 Å². The zero-order valence-corrected chi connectivity index (χ0v) is 10.9. The molecule has 0 unspecified atom stereocenters. The van der Waals surface area contributed by atoms with Crippen molar-refractivity contribution >= 4 is 18.8 Å². The summed E-state index contributed by atoms with van der Waals surface area (Å²) in [7, 11) is 1.81. The molecule has 3 radical (unpaired) electrons. The first-order chi connectivity index (χ1) is 6.12. The van der Waals surface area contributed by atoms with E-state index in [4.69, 9.17) is 4.12 Å². The van der Waals surface area contributed by atoms with Gasteiger partial charge in [-0.15, -0.1) is 6.58 Å². The maximum absolute atomic E-state index is 5.29. The van der Waals surface area contributed by atoms with Gasteiger partial charge < -0.3 is 4.12 Å². The molecule has 0 atom stereocenters. The smallest absolute Gasteiger partial charge is 0.230 e. The highest BCUT2D eigenvalue weighted by Gasteiger charge is 2.18. The average Bonchev–Trinajstić information content (AvgIpc) is 2.11. The van der Waals surface area contributed by atoms with E-state index < -0.39 is 8.32 Å². The van der Waals surface area contributed by atoms with Crippen molar-refractivity contribution in [1.29, 1.82) is 0 Å². The summed E-state index contributed by atoms with van der Waals surface area (Å²) in [6.45, 7) is 8.19. The largest absolute Gasteiger partial charge is 0.457 e. The molecule has 0 saturated heterocycles. The van der Waals surface area contributed by atoms with Gasteiger partial charge >= 0.3 is 0 Å². The van der Waals surface area contributed by atoms with Gasteiger partial charge in [-0.05, 0) is 32.0 Å². The molecule has 0 N–H and O–H groups in total. The Hall–Kier alpha value is 0.134. The van der Waals surface area contributed by atoms with Crippen LogP contribution in [0.5, 0.6) is 0 Å². The van der Waals surface area contributed by atoms with Gasteiger partial charge in [-0.25, -0.2) is 0 Å². The molecule has 0 amide bonds. The normalized spacial score (nSPS) is 11.6. The van der Waals surface area contributed by atoms with Crippen molar-refractivity contribution in [1.82, 2.24) is 0 Å². The molecule has 0 aromatic carbocycles. The van der Waals surface area contributed by atoms with Crippen LogP contribution in [-0.4, -0.2) is 18.8 Å². The predicted molar refractivity (Wildman–Crippen MR) is 62.4 cm³/mol. The van der Waals surface area contributed by atoms with Gasteiger partial charge in [0.2, 0.25) is 10.5 Å². The van der Waals surface area contributed by atoms with E-state index in [-0.39, 0.29) is 0 Å². The Morgan fingerprint density at radius 3 is 2.38 bits per heavy atom. The minimum absolute atomic E-state index is 1.16. The monoisotopic (exact) mass is 213 g/mol. The molecule has 0 fully saturated rings. The Labute approximate surface area is 87.2 Å². The molecule has 13 heavy (non-hydrogen) atoms. The average molecular weight is 213 g/mol. The molecular weight excluding hydrogens is 192 g/mol. The fourth-order valence-corrected chi connectivity index (χ4v) is 2.75. The van der Waals surface area contributed by atoms with E-state index in [0.29, 0.717) is 0 Å². The highest BCUT2D eigenvalue weighted by atomic mass is 28.4. The third kappa shape index (κ3) is 8.46. The van der Waals surface area contributed by atoms with Crippen LogP contribution in [0.4, 0.5) is 0 Å². The van der Waals surface area contributed by atoms with Crippen molar-refractivity contribution in [2.45, 2.75) is 51.2 Å². The van der Waals surface area contributed by atoms with E-state index in [1.807, 2.05) is 6.08 Å². The summed E-state index contributed by atoms with van der Waals surface area (Å²) < 4.78 is 5.29. The van der Waals surface area contributed by atoms with Crippen LogP contribution >= 0.6 is 0 Å². The van der Waals surface area contributed by atoms with Crippen LogP contribution in [0.25, 0.3) is 0 Å². The molecule has 0 saturated carbocycles. The molecule has 0 aliphatic rings. The molecule has 1 nitrogen and oxygen atoms in total. The molecule has 0 rings (SSSR count). The Morgan fingerprint density at radius 1 is 1.23 bits per heavy atom. The Bertz CT molecular complexity index is 135. The highest BCUT2D eigenvalue weighted by Crippen LogP contribution is 2.15. The molecule has 75 valence electrons. The van der Waals surface area contributed by atoms with E-state index in [0.717, 1.165) is 6.42 Å². The molecule has 3 heteroatoms. The first kappa shape index (κ1) is 13.1. The van der Waals surface area contributed by atoms with Gasteiger partial charge in [0, 0.05) is 0 Å². The van der Waals surface area contributed by atoms with Gasteiger partial charge in [-0.3, -0.25) is 0 Å². The summed E-state index contributed by atoms with van der Waals surface area (Å²) in [6.07, 6.45) is 8.43. The molecule has 0 bridgehead atoms. The molecular formula is C10H21OSi2. The topological polar surface area (TPSA) is 9.23 Å². The zero-order valence-electron chi connectivity index (χ0n) is 8.94. The second-order valence-corrected chi connectivity index (χ2v) is 8.94. The first-order valence-electron chi connectivity index (χ1n) is 5.08. The third-order valence-electron chi connectivity index (χ3n) is 2.21. The number of hydrogen-bond donors (Lipinski definition) is 0. The molecule has 0 aliphatic heterocycles. The van der Waals surface area contributed by atoms with Crippen molar-refractivity contribution in [3.8, 4) is 0 Å². The van der Waals surface area contributed by atoms with Crippen molar-refractivity contribution in [2.75, 3.05) is 0 Å². The van der Waals surface area contributed by atoms with Crippen molar-refractivity contribution < 1.29 is 4.12 Å². The van der Waals surface area contributed by atoms with E-state index in [9.17, 15) is 0 Å². The SMILES string of the molecule is C=CCCCCCC[Si](C)(C)O[Si]. The fourth-order valence-electron chi connectivity index (χ4n) is 1.24. The number of hydrogen-bond acceptors (Lipinski definition) is 1. The van der Waals surface area contributed by atoms with Gasteiger partial charge in [0.05, 0.1) is 0 Å². The highest BCUT2D eigenvalue weighted by molar-refractivity contribution is 6.73. The van der Waals surface area contributed by atoms with Crippen LogP contribution in [0.1, 0.15) is 32.1 Å². The van der Waals surface area contributed by atoms with Gasteiger partial charge in [0.25, 0.3) is 0 Å². The molecule has 0 spiro atoms. The van der Waals surface area contributed by atoms with Gasteiger partial charge in [-0.2, -0.15) is 0 Å². The van der Waals surface area contributed by atoms with E-state index in [1.54, 1.807) is 0 Å². The van der Waals surface area contributed by atoms with Crippen molar-refractivity contribution in [2.24, 2.45) is 0 Å². The zero-order chi connectivity index (χ0) is 10.2. The summed E-state index contributed by atoms with van der Waals surface area (Å²) in [4.78, 5) is 0. The van der Waals surface area contributed by atoms with Gasteiger partial charge in [0.15, 0.2) is 8.32 Å². The minimum Gasteiger partial charge on any atom is -0.457 e. The third-order valence-corrected chi connectivity index (χ3v) is 5.98. The standard InChI is InChI=1S/C10H21OSi2/c1-4-5-6-7-8-9-10-13(2,3)11-12/h4H,1,5-10H2,2-3H3. The summed E-state index contributed by atoms with van der Waals surface area (Å²) in [6, 6.07) is 1.25. The number of unbranched alkanes of at least 4 members (excludes halogenated alkanes) is 4. The maximum atomic E-state index is 5.29. The number of allylic oxidation sites excluding steroid dienone is 1. The lowest BCUT2D eigenvalue weighted by atomic mass is 10.1. The van der Waals surface area contributed by atoms with Gasteiger partial charge in [0.1, 0.15) is 0 Å². The minimum atomic E-state index is -1.35. The van der Waals surface area contributed by atoms with E-state index in [1.165, 1.54) is 31.7 Å². The summed E-state index contributed by atoms with van der Waals surface area (Å²) in [5, 5.41) is 0. The van der Waals surface area contributed by atoms with E-state index in [2.05, 4.69) is 30.2 Å². The Balaban J connectivity index is 3.20. The lowest BCUT2D eigenvalue weighted by molar-refractivity contribution is 0.587. The summed E-state index contributed by atoms with van der Waals surface area (Å²) in [5.74, 6) is 0. The van der Waals surface area contributed by atoms with Crippen LogP contribution in [0, 0.1) is 0 Å². The summed E-state index contributed by atoms with van der Waals surface area (Å²) >= 11 is 0. The lowest BCUT2D eigenvalue weighted by Crippen LogP contribution is -2.28. The quantitative estimate of drug-likeness (QED) is 0.341. The Morgan fingerprint density at radius 2 is 1.85 bits per heavy atom. The second kappa shape index (κ2) is 7.53. The second-order valence-electron chi connectivity index (χ2n) is 4.10. The Kier molecular flexibility index (Phi) is 7.61. The molecule has 0 aromatic heterocycles. The van der Waals surface area contributed by atoms with Gasteiger partial charge in [-0.1, -0.05) is 25.3 Å². The van der Waals surface area contributed by atoms with Crippen molar-refractivity contribution in [3.63, 3.8) is 0 Å². The van der Waals surface area contributed by atoms with Crippen LogP contribution in [0.2, 0.25) is 19.1 Å². The van der Waals surface area contributed by atoms with Crippen LogP contribution in [0.15, 0.2) is 12.7 Å².